The van der Waals surface area contributed by atoms with Crippen LogP contribution in [-0.4, -0.2) is 11.2 Å². The second kappa shape index (κ2) is 5.11. The van der Waals surface area contributed by atoms with Crippen molar-refractivity contribution in [2.75, 3.05) is 0 Å². The van der Waals surface area contributed by atoms with E-state index < -0.39 is 0 Å². The van der Waals surface area contributed by atoms with Gasteiger partial charge in [-0.1, -0.05) is 31.9 Å². The van der Waals surface area contributed by atoms with Crippen LogP contribution in [0.2, 0.25) is 0 Å². The fourth-order valence-electron chi connectivity index (χ4n) is 7.01. The molecule has 0 spiro atoms. The minimum atomic E-state index is -0.0270. The van der Waals surface area contributed by atoms with Crippen molar-refractivity contribution in [1.29, 1.82) is 0 Å². The molecule has 3 fully saturated rings. The predicted octanol–water partition coefficient (Wildman–Crippen LogP) is 4.95. The molecule has 0 unspecified atom stereocenters. The Bertz CT molecular complexity index is 439. The first-order valence-corrected chi connectivity index (χ1v) is 9.52. The number of rotatable bonds is 1. The number of hydrogen-bond acceptors (Lipinski definition) is 1. The van der Waals surface area contributed by atoms with E-state index >= 15 is 0 Å². The average Bonchev–Trinajstić information content (AvgIpc) is 2.81. The van der Waals surface area contributed by atoms with E-state index in [2.05, 4.69) is 19.9 Å². The minimum Gasteiger partial charge on any atom is -0.393 e. The van der Waals surface area contributed by atoms with E-state index in [0.717, 1.165) is 36.0 Å². The van der Waals surface area contributed by atoms with Crippen LogP contribution in [0.5, 0.6) is 0 Å². The standard InChI is InChI=1S/C20H32O/c1-3-13-12-20(2)17(10-11-18(20)21)16-9-8-14-6-4-5-7-15(14)19(13)16/h6,13,15-19,21H,3-5,7-12H2,1-2H3/t13-,15-,16-,17-,18-,19+,20-/m0/s1. The lowest BCUT2D eigenvalue weighted by molar-refractivity contribution is -0.0865. The van der Waals surface area contributed by atoms with Crippen LogP contribution in [0.3, 0.4) is 0 Å². The molecule has 0 saturated heterocycles. The van der Waals surface area contributed by atoms with Gasteiger partial charge in [-0.25, -0.2) is 0 Å². The van der Waals surface area contributed by atoms with Crippen LogP contribution in [0.25, 0.3) is 0 Å². The molecule has 7 atom stereocenters. The third-order valence-electron chi connectivity index (χ3n) is 7.97. The van der Waals surface area contributed by atoms with Gasteiger partial charge in [0.25, 0.3) is 0 Å². The molecule has 0 aliphatic heterocycles. The van der Waals surface area contributed by atoms with Crippen LogP contribution >= 0.6 is 0 Å². The number of allylic oxidation sites excluding steroid dienone is 2. The Labute approximate surface area is 130 Å². The predicted molar refractivity (Wildman–Crippen MR) is 86.9 cm³/mol. The van der Waals surface area contributed by atoms with Crippen LogP contribution in [0.4, 0.5) is 0 Å². The Balaban J connectivity index is 1.70. The van der Waals surface area contributed by atoms with Crippen LogP contribution < -0.4 is 0 Å². The molecule has 3 saturated carbocycles. The van der Waals surface area contributed by atoms with E-state index in [1.807, 2.05) is 5.57 Å². The van der Waals surface area contributed by atoms with Crippen LogP contribution in [0, 0.1) is 35.0 Å². The van der Waals surface area contributed by atoms with Crippen molar-refractivity contribution in [2.45, 2.75) is 77.7 Å². The zero-order valence-electron chi connectivity index (χ0n) is 13.9. The summed E-state index contributed by atoms with van der Waals surface area (Å²) in [6.07, 6.45) is 14.5. The summed E-state index contributed by atoms with van der Waals surface area (Å²) in [6, 6.07) is 0. The van der Waals surface area contributed by atoms with Gasteiger partial charge in [-0.2, -0.15) is 0 Å². The zero-order chi connectivity index (χ0) is 14.6. The third kappa shape index (κ3) is 1.99. The molecule has 0 bridgehead atoms. The normalized spacial score (nSPS) is 52.6. The molecule has 4 aliphatic carbocycles. The van der Waals surface area contributed by atoms with Crippen molar-refractivity contribution in [3.05, 3.63) is 11.6 Å². The first-order chi connectivity index (χ1) is 10.1. The fourth-order valence-corrected chi connectivity index (χ4v) is 7.01. The topological polar surface area (TPSA) is 20.2 Å². The highest BCUT2D eigenvalue weighted by atomic mass is 16.3. The fraction of sp³-hybridized carbons (Fsp3) is 0.900. The SMILES string of the molecule is CC[C@H]1C[C@]2(C)[C@@H](O)CC[C@H]2[C@@H]2CCC3=CCCC[C@@H]3[C@@H]12. The Hall–Kier alpha value is -0.300. The molecule has 0 aromatic heterocycles. The zero-order valence-corrected chi connectivity index (χ0v) is 13.9. The van der Waals surface area contributed by atoms with Gasteiger partial charge < -0.3 is 5.11 Å². The van der Waals surface area contributed by atoms with Gasteiger partial charge in [-0.3, -0.25) is 0 Å². The lowest BCUT2D eigenvalue weighted by atomic mass is 9.48. The summed E-state index contributed by atoms with van der Waals surface area (Å²) in [5, 5.41) is 10.6. The van der Waals surface area contributed by atoms with Crippen molar-refractivity contribution in [3.8, 4) is 0 Å². The molecule has 0 heterocycles. The molecular weight excluding hydrogens is 256 g/mol. The van der Waals surface area contributed by atoms with Gasteiger partial charge in [0.15, 0.2) is 0 Å². The largest absolute Gasteiger partial charge is 0.393 e. The molecule has 4 aliphatic rings. The molecule has 0 radical (unpaired) electrons. The second-order valence-corrected chi connectivity index (χ2v) is 8.67. The monoisotopic (exact) mass is 288 g/mol. The maximum atomic E-state index is 10.6. The summed E-state index contributed by atoms with van der Waals surface area (Å²) < 4.78 is 0. The molecule has 0 amide bonds. The summed E-state index contributed by atoms with van der Waals surface area (Å²) >= 11 is 0. The number of fused-ring (bicyclic) bond motifs is 5. The van der Waals surface area contributed by atoms with Gasteiger partial charge >= 0.3 is 0 Å². The molecule has 4 rings (SSSR count). The highest BCUT2D eigenvalue weighted by Crippen LogP contribution is 2.64. The van der Waals surface area contributed by atoms with Gasteiger partial charge in [0.05, 0.1) is 6.10 Å². The molecular formula is C20H32O. The Morgan fingerprint density at radius 1 is 1.24 bits per heavy atom. The number of aliphatic hydroxyl groups excluding tert-OH is 1. The van der Waals surface area contributed by atoms with Gasteiger partial charge in [-0.05, 0) is 86.4 Å². The first-order valence-electron chi connectivity index (χ1n) is 9.52. The highest BCUT2D eigenvalue weighted by molar-refractivity contribution is 5.19. The highest BCUT2D eigenvalue weighted by Gasteiger charge is 2.58. The number of hydrogen-bond donors (Lipinski definition) is 1. The Morgan fingerprint density at radius 2 is 2.10 bits per heavy atom. The summed E-state index contributed by atoms with van der Waals surface area (Å²) in [5.74, 6) is 4.43. The van der Waals surface area contributed by atoms with Crippen molar-refractivity contribution in [1.82, 2.24) is 0 Å². The van der Waals surface area contributed by atoms with Gasteiger partial charge in [-0.15, -0.1) is 0 Å². The van der Waals surface area contributed by atoms with Crippen molar-refractivity contribution >= 4 is 0 Å². The van der Waals surface area contributed by atoms with Crippen molar-refractivity contribution in [2.24, 2.45) is 35.0 Å². The van der Waals surface area contributed by atoms with Crippen LogP contribution in [-0.2, 0) is 0 Å². The van der Waals surface area contributed by atoms with Gasteiger partial charge in [0, 0.05) is 0 Å². The summed E-state index contributed by atoms with van der Waals surface area (Å²) in [6.45, 7) is 4.81. The lowest BCUT2D eigenvalue weighted by Crippen LogP contribution is -2.51. The van der Waals surface area contributed by atoms with E-state index in [0.29, 0.717) is 0 Å². The molecule has 1 nitrogen and oxygen atoms in total. The second-order valence-electron chi connectivity index (χ2n) is 8.67. The van der Waals surface area contributed by atoms with Gasteiger partial charge in [0.1, 0.15) is 0 Å². The lowest BCUT2D eigenvalue weighted by Gasteiger charge is -2.57. The quantitative estimate of drug-likeness (QED) is 0.677. The molecule has 0 aromatic carbocycles. The van der Waals surface area contributed by atoms with Crippen molar-refractivity contribution < 1.29 is 5.11 Å². The maximum absolute atomic E-state index is 10.6. The summed E-state index contributed by atoms with van der Waals surface area (Å²) in [7, 11) is 0. The van der Waals surface area contributed by atoms with E-state index in [1.165, 1.54) is 51.4 Å². The molecule has 118 valence electrons. The van der Waals surface area contributed by atoms with E-state index in [9.17, 15) is 5.11 Å². The molecule has 0 aromatic rings. The summed E-state index contributed by atoms with van der Waals surface area (Å²) in [5.41, 5.74) is 2.06. The molecule has 21 heavy (non-hydrogen) atoms. The Morgan fingerprint density at radius 3 is 2.90 bits per heavy atom. The minimum absolute atomic E-state index is 0.0270. The smallest absolute Gasteiger partial charge is 0.0596 e. The third-order valence-corrected chi connectivity index (χ3v) is 7.97. The molecule has 1 heteroatoms. The van der Waals surface area contributed by atoms with Crippen LogP contribution in [0.1, 0.15) is 71.6 Å². The first kappa shape index (κ1) is 14.3. The van der Waals surface area contributed by atoms with E-state index in [-0.39, 0.29) is 11.5 Å². The van der Waals surface area contributed by atoms with Crippen molar-refractivity contribution in [3.63, 3.8) is 0 Å². The maximum Gasteiger partial charge on any atom is 0.0596 e. The average molecular weight is 288 g/mol. The van der Waals surface area contributed by atoms with Gasteiger partial charge in [0.2, 0.25) is 0 Å². The summed E-state index contributed by atoms with van der Waals surface area (Å²) in [4.78, 5) is 0. The van der Waals surface area contributed by atoms with E-state index in [1.54, 1.807) is 0 Å². The van der Waals surface area contributed by atoms with E-state index in [4.69, 9.17) is 0 Å². The molecule has 1 N–H and O–H groups in total. The van der Waals surface area contributed by atoms with Crippen LogP contribution in [0.15, 0.2) is 11.6 Å². The Kier molecular flexibility index (Phi) is 3.48. The number of aliphatic hydroxyl groups is 1.